The van der Waals surface area contributed by atoms with Crippen molar-refractivity contribution in [3.05, 3.63) is 0 Å². The Balaban J connectivity index is 1.97. The fourth-order valence-electron chi connectivity index (χ4n) is 3.63. The lowest BCUT2D eigenvalue weighted by Gasteiger charge is -2.38. The average Bonchev–Trinajstić information content (AvgIpc) is 2.46. The summed E-state index contributed by atoms with van der Waals surface area (Å²) in [6.45, 7) is 0. The zero-order valence-corrected chi connectivity index (χ0v) is 12.1. The molecular formula is C15H25NO4. The van der Waals surface area contributed by atoms with Crippen LogP contribution in [-0.2, 0) is 9.59 Å². The van der Waals surface area contributed by atoms with Crippen LogP contribution in [0.1, 0.15) is 51.4 Å². The SMILES string of the molecule is CN(C(=O)C1CCCC(C(=O)O)C1)C1CCCCC1O. The van der Waals surface area contributed by atoms with E-state index in [4.69, 9.17) is 5.11 Å². The number of amides is 1. The van der Waals surface area contributed by atoms with Gasteiger partial charge in [-0.1, -0.05) is 19.3 Å². The van der Waals surface area contributed by atoms with E-state index in [9.17, 15) is 14.7 Å². The molecule has 0 aromatic rings. The molecule has 2 saturated carbocycles. The Kier molecular flexibility index (Phi) is 5.02. The van der Waals surface area contributed by atoms with Crippen molar-refractivity contribution in [1.82, 2.24) is 4.90 Å². The maximum atomic E-state index is 12.5. The van der Waals surface area contributed by atoms with Crippen molar-refractivity contribution in [2.24, 2.45) is 11.8 Å². The first kappa shape index (κ1) is 15.3. The molecule has 5 nitrogen and oxygen atoms in total. The summed E-state index contributed by atoms with van der Waals surface area (Å²) in [5.41, 5.74) is 0. The van der Waals surface area contributed by atoms with Gasteiger partial charge < -0.3 is 15.1 Å². The van der Waals surface area contributed by atoms with Crippen LogP contribution in [0.5, 0.6) is 0 Å². The number of hydrogen-bond donors (Lipinski definition) is 2. The smallest absolute Gasteiger partial charge is 0.306 e. The number of carboxylic acids is 1. The van der Waals surface area contributed by atoms with E-state index >= 15 is 0 Å². The van der Waals surface area contributed by atoms with Gasteiger partial charge in [0.15, 0.2) is 0 Å². The van der Waals surface area contributed by atoms with E-state index in [-0.39, 0.29) is 23.8 Å². The van der Waals surface area contributed by atoms with Crippen LogP contribution in [0, 0.1) is 11.8 Å². The molecule has 0 spiro atoms. The highest BCUT2D eigenvalue weighted by Crippen LogP contribution is 2.32. The molecule has 4 atom stereocenters. The van der Waals surface area contributed by atoms with Gasteiger partial charge in [0.05, 0.1) is 18.1 Å². The van der Waals surface area contributed by atoms with Gasteiger partial charge in [0.2, 0.25) is 5.91 Å². The molecule has 0 aromatic heterocycles. The predicted octanol–water partition coefficient (Wildman–Crippen LogP) is 1.64. The maximum Gasteiger partial charge on any atom is 0.306 e. The van der Waals surface area contributed by atoms with Crippen molar-refractivity contribution in [2.45, 2.75) is 63.5 Å². The first-order valence-corrected chi connectivity index (χ1v) is 7.68. The van der Waals surface area contributed by atoms with Crippen LogP contribution in [0.15, 0.2) is 0 Å². The van der Waals surface area contributed by atoms with Crippen LogP contribution in [0.2, 0.25) is 0 Å². The minimum absolute atomic E-state index is 0.0156. The second-order valence-corrected chi connectivity index (χ2v) is 6.27. The first-order chi connectivity index (χ1) is 9.50. The second-order valence-electron chi connectivity index (χ2n) is 6.27. The molecule has 0 heterocycles. The Bertz CT molecular complexity index is 371. The highest BCUT2D eigenvalue weighted by Gasteiger charge is 2.36. The molecule has 2 rings (SSSR count). The van der Waals surface area contributed by atoms with Gasteiger partial charge in [-0.15, -0.1) is 0 Å². The van der Waals surface area contributed by atoms with Gasteiger partial charge in [-0.3, -0.25) is 9.59 Å². The molecule has 114 valence electrons. The van der Waals surface area contributed by atoms with E-state index in [1.54, 1.807) is 11.9 Å². The molecular weight excluding hydrogens is 258 g/mol. The normalized spacial score (nSPS) is 34.5. The van der Waals surface area contributed by atoms with Gasteiger partial charge >= 0.3 is 5.97 Å². The van der Waals surface area contributed by atoms with Crippen LogP contribution >= 0.6 is 0 Å². The molecule has 5 heteroatoms. The number of rotatable bonds is 3. The number of aliphatic hydroxyl groups excluding tert-OH is 1. The molecule has 2 N–H and O–H groups in total. The third-order valence-corrected chi connectivity index (χ3v) is 4.91. The van der Waals surface area contributed by atoms with Crippen molar-refractivity contribution in [3.63, 3.8) is 0 Å². The van der Waals surface area contributed by atoms with E-state index in [1.165, 1.54) is 0 Å². The molecule has 0 bridgehead atoms. The van der Waals surface area contributed by atoms with Crippen LogP contribution in [0.25, 0.3) is 0 Å². The van der Waals surface area contributed by atoms with Crippen molar-refractivity contribution in [3.8, 4) is 0 Å². The Morgan fingerprint density at radius 3 is 2.30 bits per heavy atom. The number of aliphatic hydroxyl groups is 1. The molecule has 0 aliphatic heterocycles. The monoisotopic (exact) mass is 283 g/mol. The molecule has 2 fully saturated rings. The quantitative estimate of drug-likeness (QED) is 0.825. The summed E-state index contributed by atoms with van der Waals surface area (Å²) in [6.07, 6.45) is 5.92. The molecule has 1 amide bonds. The largest absolute Gasteiger partial charge is 0.481 e. The second kappa shape index (κ2) is 6.57. The van der Waals surface area contributed by atoms with Crippen molar-refractivity contribution in [2.75, 3.05) is 7.05 Å². The Hall–Kier alpha value is -1.10. The van der Waals surface area contributed by atoms with E-state index in [0.29, 0.717) is 12.8 Å². The zero-order chi connectivity index (χ0) is 14.7. The lowest BCUT2D eigenvalue weighted by Crippen LogP contribution is -2.49. The summed E-state index contributed by atoms with van der Waals surface area (Å²) < 4.78 is 0. The first-order valence-electron chi connectivity index (χ1n) is 7.68. The van der Waals surface area contributed by atoms with Gasteiger partial charge in [-0.25, -0.2) is 0 Å². The third kappa shape index (κ3) is 3.32. The standard InChI is InChI=1S/C15H25NO4/c1-16(12-7-2-3-8-13(12)17)14(18)10-5-4-6-11(9-10)15(19)20/h10-13,17H,2-9H2,1H3,(H,19,20). The van der Waals surface area contributed by atoms with E-state index in [1.807, 2.05) is 0 Å². The van der Waals surface area contributed by atoms with Gasteiger partial charge in [-0.05, 0) is 32.1 Å². The van der Waals surface area contributed by atoms with Crippen LogP contribution in [0.3, 0.4) is 0 Å². The average molecular weight is 283 g/mol. The van der Waals surface area contributed by atoms with Gasteiger partial charge in [0, 0.05) is 13.0 Å². The Morgan fingerprint density at radius 2 is 1.65 bits per heavy atom. The van der Waals surface area contributed by atoms with Crippen molar-refractivity contribution in [1.29, 1.82) is 0 Å². The van der Waals surface area contributed by atoms with Crippen LogP contribution in [0.4, 0.5) is 0 Å². The van der Waals surface area contributed by atoms with Crippen molar-refractivity contribution >= 4 is 11.9 Å². The van der Waals surface area contributed by atoms with Gasteiger partial charge in [0.1, 0.15) is 0 Å². The fourth-order valence-corrected chi connectivity index (χ4v) is 3.63. The lowest BCUT2D eigenvalue weighted by molar-refractivity contribution is -0.146. The maximum absolute atomic E-state index is 12.5. The Labute approximate surface area is 120 Å². The summed E-state index contributed by atoms with van der Waals surface area (Å²) in [7, 11) is 1.76. The molecule has 2 aliphatic carbocycles. The number of carbonyl (C=O) groups is 2. The van der Waals surface area contributed by atoms with Crippen LogP contribution in [-0.4, -0.2) is 46.2 Å². The number of likely N-dealkylation sites (N-methyl/N-ethyl adjacent to an activating group) is 1. The number of nitrogens with zero attached hydrogens (tertiary/aromatic N) is 1. The third-order valence-electron chi connectivity index (χ3n) is 4.91. The fraction of sp³-hybridized carbons (Fsp3) is 0.867. The summed E-state index contributed by atoms with van der Waals surface area (Å²) >= 11 is 0. The summed E-state index contributed by atoms with van der Waals surface area (Å²) in [5.74, 6) is -1.35. The molecule has 2 aliphatic rings. The summed E-state index contributed by atoms with van der Waals surface area (Å²) in [5, 5.41) is 19.1. The highest BCUT2D eigenvalue weighted by molar-refractivity contribution is 5.80. The molecule has 0 radical (unpaired) electrons. The molecule has 4 unspecified atom stereocenters. The number of aliphatic carboxylic acids is 1. The Morgan fingerprint density at radius 1 is 1.00 bits per heavy atom. The summed E-state index contributed by atoms with van der Waals surface area (Å²) in [6, 6.07) is -0.0959. The van der Waals surface area contributed by atoms with Gasteiger partial charge in [0.25, 0.3) is 0 Å². The van der Waals surface area contributed by atoms with E-state index in [2.05, 4.69) is 0 Å². The van der Waals surface area contributed by atoms with E-state index in [0.717, 1.165) is 38.5 Å². The van der Waals surface area contributed by atoms with E-state index < -0.39 is 12.1 Å². The predicted molar refractivity (Wildman–Crippen MR) is 74.1 cm³/mol. The topological polar surface area (TPSA) is 77.8 Å². The lowest BCUT2D eigenvalue weighted by atomic mass is 9.80. The van der Waals surface area contributed by atoms with Crippen LogP contribution < -0.4 is 0 Å². The summed E-state index contributed by atoms with van der Waals surface area (Å²) in [4.78, 5) is 25.3. The highest BCUT2D eigenvalue weighted by atomic mass is 16.4. The zero-order valence-electron chi connectivity index (χ0n) is 12.1. The molecule has 0 saturated heterocycles. The van der Waals surface area contributed by atoms with Gasteiger partial charge in [-0.2, -0.15) is 0 Å². The molecule has 0 aromatic carbocycles. The minimum atomic E-state index is -0.789. The molecule has 20 heavy (non-hydrogen) atoms. The van der Waals surface area contributed by atoms with Crippen molar-refractivity contribution < 1.29 is 19.8 Å². The number of carbonyl (C=O) groups excluding carboxylic acids is 1. The number of hydrogen-bond acceptors (Lipinski definition) is 3. The number of carboxylic acid groups (broad SMARTS) is 1. The minimum Gasteiger partial charge on any atom is -0.481 e.